The molecule has 1 aliphatic heterocycles. The van der Waals surface area contributed by atoms with Gasteiger partial charge in [0, 0.05) is 38.4 Å². The van der Waals surface area contributed by atoms with Gasteiger partial charge in [0.2, 0.25) is 0 Å². The van der Waals surface area contributed by atoms with Crippen LogP contribution in [-0.2, 0) is 5.11 Å². The highest BCUT2D eigenvalue weighted by atomic mass is 16.3. The molecular formula is C12H17N2O. The van der Waals surface area contributed by atoms with Crippen LogP contribution >= 0.6 is 0 Å². The van der Waals surface area contributed by atoms with E-state index in [1.54, 1.807) is 0 Å². The quantitative estimate of drug-likeness (QED) is 0.742. The summed E-state index contributed by atoms with van der Waals surface area (Å²) >= 11 is 0. The molecule has 0 aromatic heterocycles. The third-order valence-corrected chi connectivity index (χ3v) is 2.90. The minimum Gasteiger partial charge on any atom is -0.369 e. The molecule has 15 heavy (non-hydrogen) atoms. The van der Waals surface area contributed by atoms with Crippen molar-refractivity contribution in [3.8, 4) is 0 Å². The number of anilines is 1. The maximum Gasteiger partial charge on any atom is 0.0949 e. The van der Waals surface area contributed by atoms with Gasteiger partial charge in [0.15, 0.2) is 0 Å². The topological polar surface area (TPSA) is 26.4 Å². The second-order valence-electron chi connectivity index (χ2n) is 3.87. The monoisotopic (exact) mass is 205 g/mol. The summed E-state index contributed by atoms with van der Waals surface area (Å²) in [7, 11) is 0. The van der Waals surface area contributed by atoms with Crippen molar-refractivity contribution in [1.29, 1.82) is 0 Å². The molecule has 81 valence electrons. The molecular weight excluding hydrogens is 188 g/mol. The first-order valence-electron chi connectivity index (χ1n) is 5.50. The highest BCUT2D eigenvalue weighted by Gasteiger charge is 2.15. The van der Waals surface area contributed by atoms with Crippen LogP contribution in [0, 0.1) is 0 Å². The van der Waals surface area contributed by atoms with Gasteiger partial charge in [-0.2, -0.15) is 0 Å². The molecule has 1 saturated heterocycles. The lowest BCUT2D eigenvalue weighted by Crippen LogP contribution is -2.47. The van der Waals surface area contributed by atoms with Crippen molar-refractivity contribution in [3.05, 3.63) is 30.3 Å². The molecule has 1 aromatic carbocycles. The second-order valence-corrected chi connectivity index (χ2v) is 3.87. The van der Waals surface area contributed by atoms with Crippen LogP contribution < -0.4 is 4.90 Å². The molecule has 0 atom stereocenters. The van der Waals surface area contributed by atoms with Crippen molar-refractivity contribution in [2.24, 2.45) is 0 Å². The molecule has 0 saturated carbocycles. The van der Waals surface area contributed by atoms with Crippen LogP contribution in [0.4, 0.5) is 5.69 Å². The first kappa shape index (κ1) is 10.5. The molecule has 1 radical (unpaired) electrons. The third-order valence-electron chi connectivity index (χ3n) is 2.90. The Labute approximate surface area is 90.9 Å². The Balaban J connectivity index is 1.88. The number of nitrogens with zero attached hydrogens (tertiary/aromatic N) is 2. The van der Waals surface area contributed by atoms with Crippen LogP contribution in [0.5, 0.6) is 0 Å². The fraction of sp³-hybridized carbons (Fsp3) is 0.500. The van der Waals surface area contributed by atoms with E-state index in [1.165, 1.54) is 5.69 Å². The predicted molar refractivity (Wildman–Crippen MR) is 60.6 cm³/mol. The van der Waals surface area contributed by atoms with Crippen LogP contribution in [0.1, 0.15) is 0 Å². The molecule has 3 heteroatoms. The lowest BCUT2D eigenvalue weighted by atomic mass is 10.2. The highest BCUT2D eigenvalue weighted by molar-refractivity contribution is 5.46. The molecule has 2 rings (SSSR count). The first-order chi connectivity index (χ1) is 7.40. The Morgan fingerprint density at radius 3 is 2.27 bits per heavy atom. The number of piperazine rings is 1. The summed E-state index contributed by atoms with van der Waals surface area (Å²) in [4.78, 5) is 4.62. The van der Waals surface area contributed by atoms with Crippen molar-refractivity contribution in [3.63, 3.8) is 0 Å². The van der Waals surface area contributed by atoms with Crippen molar-refractivity contribution < 1.29 is 5.11 Å². The summed E-state index contributed by atoms with van der Waals surface area (Å²) < 4.78 is 0. The van der Waals surface area contributed by atoms with Crippen LogP contribution in [0.25, 0.3) is 0 Å². The van der Waals surface area contributed by atoms with E-state index in [-0.39, 0.29) is 6.61 Å². The molecule has 3 nitrogen and oxygen atoms in total. The van der Waals surface area contributed by atoms with E-state index >= 15 is 0 Å². The minimum absolute atomic E-state index is 0.0192. The zero-order valence-corrected chi connectivity index (χ0v) is 8.93. The molecule has 1 aromatic rings. The first-order valence-corrected chi connectivity index (χ1v) is 5.50. The summed E-state index contributed by atoms with van der Waals surface area (Å²) in [5.41, 5.74) is 1.29. The maximum atomic E-state index is 10.5. The Kier molecular flexibility index (Phi) is 3.59. The van der Waals surface area contributed by atoms with E-state index < -0.39 is 0 Å². The SMILES string of the molecule is [O]CCN1CCN(c2ccccc2)CC1. The summed E-state index contributed by atoms with van der Waals surface area (Å²) in [5, 5.41) is 10.5. The molecule has 1 heterocycles. The Bertz CT molecular complexity index is 281. The Morgan fingerprint density at radius 1 is 1.00 bits per heavy atom. The highest BCUT2D eigenvalue weighted by Crippen LogP contribution is 2.15. The van der Waals surface area contributed by atoms with E-state index in [4.69, 9.17) is 0 Å². The summed E-state index contributed by atoms with van der Waals surface area (Å²) in [6.07, 6.45) is 0. The number of rotatable bonds is 3. The molecule has 0 spiro atoms. The summed E-state index contributed by atoms with van der Waals surface area (Å²) in [5.74, 6) is 0. The van der Waals surface area contributed by atoms with Gasteiger partial charge in [0.05, 0.1) is 6.61 Å². The second kappa shape index (κ2) is 5.14. The van der Waals surface area contributed by atoms with E-state index in [1.807, 2.05) is 6.07 Å². The van der Waals surface area contributed by atoms with Crippen LogP contribution in [0.15, 0.2) is 30.3 Å². The maximum absolute atomic E-state index is 10.5. The number of benzene rings is 1. The summed E-state index contributed by atoms with van der Waals surface area (Å²) in [6.45, 7) is 4.80. The lowest BCUT2D eigenvalue weighted by molar-refractivity contribution is 0.137. The lowest BCUT2D eigenvalue weighted by Gasteiger charge is -2.35. The van der Waals surface area contributed by atoms with Gasteiger partial charge in [-0.1, -0.05) is 18.2 Å². The number of hydrogen-bond acceptors (Lipinski definition) is 2. The average Bonchev–Trinajstić information content (AvgIpc) is 2.32. The van der Waals surface area contributed by atoms with E-state index in [9.17, 15) is 5.11 Å². The standard InChI is InChI=1S/C12H17N2O/c15-11-10-13-6-8-14(9-7-13)12-4-2-1-3-5-12/h1-5H,6-11H2. The zero-order valence-electron chi connectivity index (χ0n) is 8.93. The number of hydrogen-bond donors (Lipinski definition) is 0. The minimum atomic E-state index is 0.0192. The fourth-order valence-corrected chi connectivity index (χ4v) is 2.00. The van der Waals surface area contributed by atoms with Crippen LogP contribution in [0.2, 0.25) is 0 Å². The van der Waals surface area contributed by atoms with Gasteiger partial charge in [-0.05, 0) is 12.1 Å². The Hall–Kier alpha value is -1.06. The van der Waals surface area contributed by atoms with Gasteiger partial charge < -0.3 is 4.90 Å². The molecule has 0 aliphatic carbocycles. The fourth-order valence-electron chi connectivity index (χ4n) is 2.00. The zero-order chi connectivity index (χ0) is 10.5. The molecule has 0 unspecified atom stereocenters. The van der Waals surface area contributed by atoms with Crippen LogP contribution in [-0.4, -0.2) is 44.2 Å². The molecule has 1 fully saturated rings. The van der Waals surface area contributed by atoms with Crippen molar-refractivity contribution in [1.82, 2.24) is 4.90 Å². The van der Waals surface area contributed by atoms with Crippen molar-refractivity contribution in [2.45, 2.75) is 0 Å². The van der Waals surface area contributed by atoms with Gasteiger partial charge in [-0.25, -0.2) is 5.11 Å². The molecule has 0 N–H and O–H groups in total. The van der Waals surface area contributed by atoms with E-state index in [2.05, 4.69) is 34.1 Å². The average molecular weight is 205 g/mol. The Morgan fingerprint density at radius 2 is 1.67 bits per heavy atom. The van der Waals surface area contributed by atoms with E-state index in [0.29, 0.717) is 6.54 Å². The molecule has 0 bridgehead atoms. The van der Waals surface area contributed by atoms with Gasteiger partial charge in [0.1, 0.15) is 0 Å². The van der Waals surface area contributed by atoms with Gasteiger partial charge >= 0.3 is 0 Å². The van der Waals surface area contributed by atoms with E-state index in [0.717, 1.165) is 26.2 Å². The smallest absolute Gasteiger partial charge is 0.0949 e. The van der Waals surface area contributed by atoms with Gasteiger partial charge in [0.25, 0.3) is 0 Å². The number of para-hydroxylation sites is 1. The molecule has 1 aliphatic rings. The third kappa shape index (κ3) is 2.70. The molecule has 0 amide bonds. The van der Waals surface area contributed by atoms with Gasteiger partial charge in [-0.3, -0.25) is 4.90 Å². The van der Waals surface area contributed by atoms with Crippen molar-refractivity contribution >= 4 is 5.69 Å². The van der Waals surface area contributed by atoms with Crippen LogP contribution in [0.3, 0.4) is 0 Å². The van der Waals surface area contributed by atoms with Gasteiger partial charge in [-0.15, -0.1) is 0 Å². The largest absolute Gasteiger partial charge is 0.369 e. The normalized spacial score (nSPS) is 18.1. The van der Waals surface area contributed by atoms with Crippen molar-refractivity contribution in [2.75, 3.05) is 44.2 Å². The predicted octanol–water partition coefficient (Wildman–Crippen LogP) is 1.24. The summed E-state index contributed by atoms with van der Waals surface area (Å²) in [6, 6.07) is 10.5.